The van der Waals surface area contributed by atoms with Crippen molar-refractivity contribution in [2.45, 2.75) is 70.2 Å². The number of benzene rings is 2. The Balaban J connectivity index is 1.12. The molecule has 3 aliphatic heterocycles. The Morgan fingerprint density at radius 1 is 1.00 bits per heavy atom. The summed E-state index contributed by atoms with van der Waals surface area (Å²) in [5, 5.41) is 7.60. The first-order valence-corrected chi connectivity index (χ1v) is 17.4. The Hall–Kier alpha value is -4.89. The van der Waals surface area contributed by atoms with Crippen molar-refractivity contribution < 1.29 is 33.4 Å². The molecule has 0 aliphatic carbocycles. The molecule has 3 atom stereocenters. The number of aryl methyl sites for hydroxylation is 1. The minimum Gasteiger partial charge on any atom is -0.488 e. The summed E-state index contributed by atoms with van der Waals surface area (Å²) in [7, 11) is 3.67. The predicted molar refractivity (Wildman–Crippen MR) is 188 cm³/mol. The summed E-state index contributed by atoms with van der Waals surface area (Å²) in [6.07, 6.45) is 1.01. The van der Waals surface area contributed by atoms with E-state index >= 15 is 0 Å². The maximum Gasteiger partial charge on any atom is 0.424 e. The van der Waals surface area contributed by atoms with Gasteiger partial charge in [-0.05, 0) is 85.8 Å². The van der Waals surface area contributed by atoms with Gasteiger partial charge in [0, 0.05) is 32.6 Å². The van der Waals surface area contributed by atoms with E-state index in [9.17, 15) is 28.8 Å². The molecule has 268 valence electrons. The largest absolute Gasteiger partial charge is 0.488 e. The van der Waals surface area contributed by atoms with Gasteiger partial charge in [-0.3, -0.25) is 28.9 Å². The third-order valence-electron chi connectivity index (χ3n) is 9.10. The summed E-state index contributed by atoms with van der Waals surface area (Å²) < 4.78 is 13.0. The molecule has 1 N–H and O–H groups in total. The molecule has 3 aromatic rings. The number of likely N-dealkylation sites (tertiary alicyclic amines) is 2. The summed E-state index contributed by atoms with van der Waals surface area (Å²) in [5.41, 5.74) is 1.56. The molecule has 1 aromatic heterocycles. The summed E-state index contributed by atoms with van der Waals surface area (Å²) in [6.45, 7) is 6.57. The number of amides is 5. The third-order valence-corrected chi connectivity index (χ3v) is 9.87. The lowest BCUT2D eigenvalue weighted by molar-refractivity contribution is -0.149. The third kappa shape index (κ3) is 7.31. The summed E-state index contributed by atoms with van der Waals surface area (Å²) >= 11 is 3.39. The molecule has 2 aromatic carbocycles. The minimum absolute atomic E-state index is 0.0227. The SMILES string of the molecule is CN1C[C@H](Nc2cnn(C)c(=O)c2Br)C[C@H](c2ccc(COc3cccc4c3C(=O)N(C3CCC(=O)N(C(=O)OC(C)(C)C)C3=O)C4=O)cc2)C1. The number of anilines is 1. The number of aromatic nitrogens is 2. The molecule has 1 unspecified atom stereocenters. The molecule has 0 bridgehead atoms. The Labute approximate surface area is 302 Å². The predicted octanol–water partition coefficient (Wildman–Crippen LogP) is 4.07. The van der Waals surface area contributed by atoms with Gasteiger partial charge in [-0.15, -0.1) is 0 Å². The first-order valence-electron chi connectivity index (χ1n) is 16.6. The van der Waals surface area contributed by atoms with Crippen LogP contribution in [0.5, 0.6) is 5.75 Å². The van der Waals surface area contributed by atoms with Crippen LogP contribution in [0.4, 0.5) is 10.5 Å². The van der Waals surface area contributed by atoms with Crippen molar-refractivity contribution >= 4 is 51.3 Å². The number of likely N-dealkylation sites (N-methyl/N-ethyl adjacent to an activating group) is 1. The van der Waals surface area contributed by atoms with E-state index in [1.165, 1.54) is 10.7 Å². The molecule has 14 nitrogen and oxygen atoms in total. The Kier molecular flexibility index (Phi) is 9.88. The molecule has 0 saturated carbocycles. The van der Waals surface area contributed by atoms with Gasteiger partial charge in [-0.2, -0.15) is 10.00 Å². The van der Waals surface area contributed by atoms with E-state index < -0.39 is 41.4 Å². The molecule has 0 radical (unpaired) electrons. The van der Waals surface area contributed by atoms with E-state index in [4.69, 9.17) is 9.47 Å². The zero-order valence-corrected chi connectivity index (χ0v) is 30.6. The highest BCUT2D eigenvalue weighted by atomic mass is 79.9. The Bertz CT molecular complexity index is 1970. The zero-order valence-electron chi connectivity index (χ0n) is 29.0. The van der Waals surface area contributed by atoms with Crippen molar-refractivity contribution in [3.63, 3.8) is 0 Å². The summed E-state index contributed by atoms with van der Waals surface area (Å²) in [6, 6.07) is 11.4. The molecule has 5 amide bonds. The van der Waals surface area contributed by atoms with Crippen LogP contribution in [0.1, 0.15) is 77.8 Å². The lowest BCUT2D eigenvalue weighted by atomic mass is 9.88. The lowest BCUT2D eigenvalue weighted by Gasteiger charge is -2.37. The van der Waals surface area contributed by atoms with Gasteiger partial charge in [0.1, 0.15) is 28.5 Å². The van der Waals surface area contributed by atoms with Crippen LogP contribution in [0.15, 0.2) is 57.9 Å². The van der Waals surface area contributed by atoms with E-state index in [0.717, 1.165) is 35.5 Å². The second kappa shape index (κ2) is 14.0. The maximum atomic E-state index is 13.7. The van der Waals surface area contributed by atoms with Gasteiger partial charge in [0.2, 0.25) is 5.91 Å². The number of nitrogens with one attached hydrogen (secondary N) is 1. The van der Waals surface area contributed by atoms with E-state index in [-0.39, 0.29) is 53.8 Å². The summed E-state index contributed by atoms with van der Waals surface area (Å²) in [5.74, 6) is -2.77. The Morgan fingerprint density at radius 2 is 1.73 bits per heavy atom. The number of fused-ring (bicyclic) bond motifs is 1. The topological polar surface area (TPSA) is 160 Å². The van der Waals surface area contributed by atoms with Crippen LogP contribution in [-0.2, 0) is 28.0 Å². The molecule has 3 aliphatic rings. The molecule has 6 rings (SSSR count). The number of hydrogen-bond donors (Lipinski definition) is 1. The molecule has 0 spiro atoms. The van der Waals surface area contributed by atoms with Crippen LogP contribution in [0.3, 0.4) is 0 Å². The van der Waals surface area contributed by atoms with E-state index in [2.05, 4.69) is 38.3 Å². The number of imide groups is 4. The van der Waals surface area contributed by atoms with Crippen molar-refractivity contribution in [1.82, 2.24) is 24.5 Å². The van der Waals surface area contributed by atoms with Gasteiger partial charge in [0.05, 0.1) is 23.0 Å². The van der Waals surface area contributed by atoms with E-state index in [1.807, 2.05) is 24.3 Å². The number of halogens is 1. The van der Waals surface area contributed by atoms with Crippen molar-refractivity contribution in [2.75, 3.05) is 25.5 Å². The van der Waals surface area contributed by atoms with Crippen LogP contribution >= 0.6 is 15.9 Å². The van der Waals surface area contributed by atoms with Crippen LogP contribution in [0.2, 0.25) is 0 Å². The van der Waals surface area contributed by atoms with E-state index in [1.54, 1.807) is 46.1 Å². The van der Waals surface area contributed by atoms with E-state index in [0.29, 0.717) is 15.1 Å². The number of piperidine rings is 2. The average Bonchev–Trinajstić information content (AvgIpc) is 3.32. The highest BCUT2D eigenvalue weighted by Gasteiger charge is 2.50. The second-order valence-corrected chi connectivity index (χ2v) is 14.9. The fourth-order valence-corrected chi connectivity index (χ4v) is 7.20. The number of hydrogen-bond acceptors (Lipinski definition) is 11. The maximum absolute atomic E-state index is 13.7. The van der Waals surface area contributed by atoms with Gasteiger partial charge in [-0.1, -0.05) is 30.3 Å². The molecule has 2 saturated heterocycles. The monoisotopic (exact) mass is 762 g/mol. The van der Waals surface area contributed by atoms with Crippen LogP contribution in [-0.4, -0.2) is 92.0 Å². The quantitative estimate of drug-likeness (QED) is 0.346. The van der Waals surface area contributed by atoms with Gasteiger partial charge in [0.25, 0.3) is 23.3 Å². The van der Waals surface area contributed by atoms with Crippen LogP contribution < -0.4 is 15.6 Å². The first-order chi connectivity index (χ1) is 24.1. The van der Waals surface area contributed by atoms with Crippen molar-refractivity contribution in [3.8, 4) is 5.75 Å². The number of carbonyl (C=O) groups excluding carboxylic acids is 5. The molecular formula is C36H39BrN6O8. The fourth-order valence-electron chi connectivity index (χ4n) is 6.73. The van der Waals surface area contributed by atoms with Gasteiger partial charge in [0.15, 0.2) is 0 Å². The fraction of sp³-hybridized carbons (Fsp3) is 0.417. The number of rotatable bonds is 7. The number of nitrogens with zero attached hydrogens (tertiary/aromatic N) is 5. The minimum atomic E-state index is -1.35. The van der Waals surface area contributed by atoms with Gasteiger partial charge < -0.3 is 19.7 Å². The Morgan fingerprint density at radius 3 is 2.43 bits per heavy atom. The smallest absolute Gasteiger partial charge is 0.424 e. The number of carbonyl (C=O) groups is 5. The lowest BCUT2D eigenvalue weighted by Crippen LogP contribution is -2.58. The normalized spacial score (nSPS) is 21.2. The molecule has 15 heteroatoms. The van der Waals surface area contributed by atoms with Crippen molar-refractivity contribution in [3.05, 3.63) is 85.7 Å². The highest BCUT2D eigenvalue weighted by molar-refractivity contribution is 9.10. The molecule has 51 heavy (non-hydrogen) atoms. The molecule has 2 fully saturated rings. The average molecular weight is 764 g/mol. The van der Waals surface area contributed by atoms with Crippen molar-refractivity contribution in [1.29, 1.82) is 0 Å². The second-order valence-electron chi connectivity index (χ2n) is 14.1. The highest BCUT2D eigenvalue weighted by Crippen LogP contribution is 2.35. The summed E-state index contributed by atoms with van der Waals surface area (Å²) in [4.78, 5) is 81.7. The number of ether oxygens (including phenoxy) is 2. The first kappa shape index (κ1) is 35.9. The zero-order chi connectivity index (χ0) is 36.8. The molecule has 4 heterocycles. The van der Waals surface area contributed by atoms with Crippen molar-refractivity contribution in [2.24, 2.45) is 7.05 Å². The van der Waals surface area contributed by atoms with Crippen LogP contribution in [0, 0.1) is 0 Å². The standard InChI is InChI=1S/C36H39BrN6O8/c1-36(2,3)51-35(49)43-28(44)14-13-26(32(43)46)42-31(45)24-7-6-8-27(29(24)33(42)47)50-19-20-9-11-21(12-10-20)22-15-23(18-40(4)17-22)39-25-16-38-41(5)34(48)30(25)37/h6-12,16,22-23,26,39H,13-15,17-19H2,1-5H3/t22-,23+,26?/m0/s1. The van der Waals surface area contributed by atoms with Crippen LogP contribution in [0.25, 0.3) is 0 Å². The van der Waals surface area contributed by atoms with Gasteiger partial charge >= 0.3 is 6.09 Å². The van der Waals surface area contributed by atoms with Gasteiger partial charge in [-0.25, -0.2) is 9.48 Å². The molecular weight excluding hydrogens is 724 g/mol.